The van der Waals surface area contributed by atoms with Gasteiger partial charge in [-0.2, -0.15) is 5.10 Å². The molecule has 0 radical (unpaired) electrons. The first-order chi connectivity index (χ1) is 20.9. The molecule has 4 rings (SSSR count). The van der Waals surface area contributed by atoms with E-state index in [1.54, 1.807) is 30.6 Å². The van der Waals surface area contributed by atoms with Crippen LogP contribution in [0.5, 0.6) is 5.75 Å². The lowest BCUT2D eigenvalue weighted by atomic mass is 9.98. The van der Waals surface area contributed by atoms with Crippen LogP contribution in [0, 0.1) is 5.92 Å². The lowest BCUT2D eigenvalue weighted by Gasteiger charge is -2.32. The molecule has 2 fully saturated rings. The summed E-state index contributed by atoms with van der Waals surface area (Å²) in [4.78, 5) is 63.6. The predicted molar refractivity (Wildman–Crippen MR) is 158 cm³/mol. The maximum Gasteiger partial charge on any atom is 0.271 e. The summed E-state index contributed by atoms with van der Waals surface area (Å²) < 4.78 is 5.68. The van der Waals surface area contributed by atoms with E-state index in [1.807, 2.05) is 11.0 Å². The zero-order valence-electron chi connectivity index (χ0n) is 24.1. The Hall–Kier alpha value is -4.75. The van der Waals surface area contributed by atoms with Crippen LogP contribution in [-0.2, 0) is 14.4 Å². The summed E-state index contributed by atoms with van der Waals surface area (Å²) >= 11 is 0. The van der Waals surface area contributed by atoms with E-state index in [2.05, 4.69) is 31.0 Å². The minimum absolute atomic E-state index is 0.0940. The monoisotopic (exact) mass is 593 g/mol. The molecule has 1 aliphatic carbocycles. The van der Waals surface area contributed by atoms with Gasteiger partial charge in [0.25, 0.3) is 11.8 Å². The van der Waals surface area contributed by atoms with Crippen molar-refractivity contribution >= 4 is 30.0 Å². The quantitative estimate of drug-likeness (QED) is 0.0719. The molecule has 2 atom stereocenters. The largest absolute Gasteiger partial charge is 0.484 e. The Bertz CT molecular complexity index is 1240. The van der Waals surface area contributed by atoms with E-state index in [9.17, 15) is 19.2 Å². The number of hydrazone groups is 1. The molecule has 0 bridgehead atoms. The Labute approximate surface area is 250 Å². The molecule has 14 nitrogen and oxygen atoms in total. The van der Waals surface area contributed by atoms with Crippen LogP contribution >= 0.6 is 0 Å². The van der Waals surface area contributed by atoms with E-state index in [4.69, 9.17) is 10.6 Å². The summed E-state index contributed by atoms with van der Waals surface area (Å²) in [6.45, 7) is 1.96. The molecule has 0 spiro atoms. The molecule has 2 aliphatic rings. The van der Waals surface area contributed by atoms with E-state index in [0.29, 0.717) is 18.8 Å². The van der Waals surface area contributed by atoms with Crippen LogP contribution in [0.1, 0.15) is 42.6 Å². The second-order valence-corrected chi connectivity index (χ2v) is 10.6. The number of benzene rings is 1. The topological polar surface area (TPSA) is 184 Å². The fourth-order valence-corrected chi connectivity index (χ4v) is 4.99. The maximum absolute atomic E-state index is 13.5. The van der Waals surface area contributed by atoms with Gasteiger partial charge in [0.1, 0.15) is 23.8 Å². The number of amides is 4. The Balaban J connectivity index is 1.37. The van der Waals surface area contributed by atoms with Crippen LogP contribution in [0.4, 0.5) is 0 Å². The molecule has 230 valence electrons. The molecule has 1 aromatic heterocycles. The predicted octanol–water partition coefficient (Wildman–Crippen LogP) is -0.118. The summed E-state index contributed by atoms with van der Waals surface area (Å²) in [6, 6.07) is 7.74. The van der Waals surface area contributed by atoms with Crippen molar-refractivity contribution in [1.29, 1.82) is 0 Å². The average molecular weight is 594 g/mol. The van der Waals surface area contributed by atoms with Crippen molar-refractivity contribution in [2.75, 3.05) is 39.3 Å². The van der Waals surface area contributed by atoms with Crippen molar-refractivity contribution in [2.24, 2.45) is 16.9 Å². The number of nitrogens with zero attached hydrogens (tertiary/aromatic N) is 5. The van der Waals surface area contributed by atoms with Crippen LogP contribution in [0.3, 0.4) is 0 Å². The fraction of sp³-hybridized carbons (Fsp3) is 0.483. The number of nitrogens with one attached hydrogen (secondary N) is 3. The highest BCUT2D eigenvalue weighted by Gasteiger charge is 2.41. The minimum atomic E-state index is -1.04. The zero-order chi connectivity index (χ0) is 30.4. The lowest BCUT2D eigenvalue weighted by Crippen LogP contribution is -2.54. The molecule has 2 heterocycles. The Morgan fingerprint density at radius 3 is 2.60 bits per heavy atom. The molecule has 1 saturated heterocycles. The number of aromatic nitrogens is 2. The minimum Gasteiger partial charge on any atom is -0.484 e. The van der Waals surface area contributed by atoms with Gasteiger partial charge in [0.2, 0.25) is 11.8 Å². The molecule has 2 aromatic rings. The van der Waals surface area contributed by atoms with Crippen molar-refractivity contribution in [3.8, 4) is 5.75 Å². The standard InChI is InChI=1S/C29H39N9O5/c30-36-20-37-14-4-5-21(18-37)16-35-26(39)15-25(29(42)34-13-12-33-28(41)24-17-31-10-11-32-24)38(22-8-9-22)27(40)19-43-23-6-2-1-3-7-23/h1-3,6-7,10-11,17,20-22,25H,4-5,8-9,12-16,18-19,30H2,(H,33,41)(H,34,42)(H,35,39)/t21-,25-/m0/s1. The molecule has 43 heavy (non-hydrogen) atoms. The van der Waals surface area contributed by atoms with Crippen molar-refractivity contribution < 1.29 is 23.9 Å². The molecular weight excluding hydrogens is 554 g/mol. The van der Waals surface area contributed by atoms with Gasteiger partial charge >= 0.3 is 0 Å². The van der Waals surface area contributed by atoms with E-state index < -0.39 is 17.9 Å². The van der Waals surface area contributed by atoms with Gasteiger partial charge in [0.05, 0.1) is 12.6 Å². The third-order valence-corrected chi connectivity index (χ3v) is 7.22. The summed E-state index contributed by atoms with van der Waals surface area (Å²) in [6.07, 6.45) is 8.98. The highest BCUT2D eigenvalue weighted by Crippen LogP contribution is 2.30. The van der Waals surface area contributed by atoms with Crippen molar-refractivity contribution in [3.63, 3.8) is 0 Å². The van der Waals surface area contributed by atoms with Gasteiger partial charge in [-0.1, -0.05) is 18.2 Å². The molecule has 14 heteroatoms. The number of nitrogens with two attached hydrogens (primary N) is 1. The van der Waals surface area contributed by atoms with Crippen LogP contribution in [0.15, 0.2) is 54.0 Å². The highest BCUT2D eigenvalue weighted by molar-refractivity contribution is 5.93. The summed E-state index contributed by atoms with van der Waals surface area (Å²) in [5.74, 6) is 4.42. The Morgan fingerprint density at radius 2 is 1.88 bits per heavy atom. The fourth-order valence-electron chi connectivity index (χ4n) is 4.99. The summed E-state index contributed by atoms with van der Waals surface area (Å²) in [5, 5.41) is 12.0. The normalized spacial score (nSPS) is 17.1. The molecule has 4 amide bonds. The third kappa shape index (κ3) is 9.94. The van der Waals surface area contributed by atoms with Gasteiger partial charge < -0.3 is 36.3 Å². The van der Waals surface area contributed by atoms with Crippen LogP contribution < -0.4 is 26.5 Å². The van der Waals surface area contributed by atoms with Crippen LogP contribution in [-0.4, -0.2) is 101 Å². The summed E-state index contributed by atoms with van der Waals surface area (Å²) in [7, 11) is 0. The van der Waals surface area contributed by atoms with E-state index in [-0.39, 0.29) is 55.6 Å². The number of hydrogen-bond acceptors (Lipinski definition) is 9. The maximum atomic E-state index is 13.5. The number of carbonyl (C=O) groups excluding carboxylic acids is 4. The zero-order valence-corrected chi connectivity index (χ0v) is 24.1. The molecule has 1 aliphatic heterocycles. The first-order valence-electron chi connectivity index (χ1n) is 14.5. The van der Waals surface area contributed by atoms with Gasteiger partial charge in [-0.25, -0.2) is 4.98 Å². The number of ether oxygens (including phenoxy) is 1. The lowest BCUT2D eigenvalue weighted by molar-refractivity contribution is -0.144. The van der Waals surface area contributed by atoms with E-state index in [1.165, 1.54) is 23.5 Å². The second-order valence-electron chi connectivity index (χ2n) is 10.6. The summed E-state index contributed by atoms with van der Waals surface area (Å²) in [5.41, 5.74) is 0.156. The smallest absolute Gasteiger partial charge is 0.271 e. The molecule has 1 saturated carbocycles. The van der Waals surface area contributed by atoms with Crippen LogP contribution in [0.25, 0.3) is 0 Å². The van der Waals surface area contributed by atoms with Gasteiger partial charge in [-0.05, 0) is 43.7 Å². The molecule has 1 aromatic carbocycles. The molecule has 0 unspecified atom stereocenters. The first-order valence-corrected chi connectivity index (χ1v) is 14.5. The van der Waals surface area contributed by atoms with Crippen molar-refractivity contribution in [3.05, 3.63) is 54.6 Å². The number of likely N-dealkylation sites (tertiary alicyclic amines) is 1. The number of hydrogen-bond donors (Lipinski definition) is 4. The average Bonchev–Trinajstić information content (AvgIpc) is 3.87. The Kier molecular flexibility index (Phi) is 11.6. The van der Waals surface area contributed by atoms with E-state index in [0.717, 1.165) is 32.2 Å². The number of para-hydroxylation sites is 1. The number of rotatable bonds is 15. The van der Waals surface area contributed by atoms with Gasteiger partial charge in [-0.3, -0.25) is 24.2 Å². The second kappa shape index (κ2) is 16.0. The highest BCUT2D eigenvalue weighted by atomic mass is 16.5. The number of carbonyl (C=O) groups is 4. The number of piperidine rings is 1. The SMILES string of the molecule is NN=CN1CCC[C@@H](CNC(=O)C[C@@H](C(=O)NCCNC(=O)c2cnccn2)N(C(=O)COc2ccccc2)C2CC2)C1. The van der Waals surface area contributed by atoms with Gasteiger partial charge in [0, 0.05) is 51.2 Å². The van der Waals surface area contributed by atoms with E-state index >= 15 is 0 Å². The van der Waals surface area contributed by atoms with Crippen molar-refractivity contribution in [2.45, 2.75) is 44.2 Å². The van der Waals surface area contributed by atoms with Gasteiger partial charge in [-0.15, -0.1) is 0 Å². The first kappa shape index (κ1) is 31.2. The van der Waals surface area contributed by atoms with Crippen molar-refractivity contribution in [1.82, 2.24) is 35.7 Å². The molecule has 5 N–H and O–H groups in total. The van der Waals surface area contributed by atoms with Crippen LogP contribution in [0.2, 0.25) is 0 Å². The van der Waals surface area contributed by atoms with Gasteiger partial charge in [0.15, 0.2) is 6.61 Å². The molecular formula is C29H39N9O5. The third-order valence-electron chi connectivity index (χ3n) is 7.22. The Morgan fingerprint density at radius 1 is 1.09 bits per heavy atom.